The summed E-state index contributed by atoms with van der Waals surface area (Å²) in [5.74, 6) is 0.275. The SMILES string of the molecule is CNC(=O)C(NC(=O)c1nc(-c2ccccc2)n2c1CN(C(C)C)CC2)C(C)(C)C. The van der Waals surface area contributed by atoms with Gasteiger partial charge in [0.1, 0.15) is 11.9 Å². The molecular weight excluding hydrogens is 378 g/mol. The Bertz CT molecular complexity index is 912. The van der Waals surface area contributed by atoms with Crippen LogP contribution in [0.4, 0.5) is 0 Å². The van der Waals surface area contributed by atoms with Crippen molar-refractivity contribution in [3.63, 3.8) is 0 Å². The largest absolute Gasteiger partial charge is 0.357 e. The zero-order chi connectivity index (χ0) is 22.1. The molecule has 7 heteroatoms. The van der Waals surface area contributed by atoms with E-state index >= 15 is 0 Å². The molecule has 1 aliphatic heterocycles. The molecule has 7 nitrogen and oxygen atoms in total. The lowest BCUT2D eigenvalue weighted by molar-refractivity contribution is -0.124. The van der Waals surface area contributed by atoms with Crippen molar-refractivity contribution < 1.29 is 9.59 Å². The summed E-state index contributed by atoms with van der Waals surface area (Å²) >= 11 is 0. The monoisotopic (exact) mass is 411 g/mol. The summed E-state index contributed by atoms with van der Waals surface area (Å²) in [6, 6.07) is 9.65. The number of rotatable bonds is 5. The van der Waals surface area contributed by atoms with Gasteiger partial charge in [-0.3, -0.25) is 14.5 Å². The first kappa shape index (κ1) is 22.0. The third-order valence-electron chi connectivity index (χ3n) is 5.66. The number of aromatic nitrogens is 2. The Morgan fingerprint density at radius 1 is 1.10 bits per heavy atom. The quantitative estimate of drug-likeness (QED) is 0.793. The van der Waals surface area contributed by atoms with Crippen molar-refractivity contribution in [2.45, 2.75) is 59.8 Å². The number of hydrogen-bond acceptors (Lipinski definition) is 4. The first-order valence-corrected chi connectivity index (χ1v) is 10.5. The highest BCUT2D eigenvalue weighted by molar-refractivity contribution is 5.97. The van der Waals surface area contributed by atoms with Gasteiger partial charge < -0.3 is 15.2 Å². The fourth-order valence-electron chi connectivity index (χ4n) is 3.84. The predicted octanol–water partition coefficient (Wildman–Crippen LogP) is 2.66. The van der Waals surface area contributed by atoms with Crippen LogP contribution >= 0.6 is 0 Å². The first-order valence-electron chi connectivity index (χ1n) is 10.5. The van der Waals surface area contributed by atoms with Crippen LogP contribution in [0, 0.1) is 5.41 Å². The van der Waals surface area contributed by atoms with Crippen molar-refractivity contribution in [1.29, 1.82) is 0 Å². The maximum Gasteiger partial charge on any atom is 0.272 e. The molecule has 2 N–H and O–H groups in total. The second kappa shape index (κ2) is 8.60. The van der Waals surface area contributed by atoms with E-state index in [4.69, 9.17) is 4.98 Å². The molecular formula is C23H33N5O2. The molecule has 1 aromatic carbocycles. The predicted molar refractivity (Wildman–Crippen MR) is 118 cm³/mol. The molecule has 1 atom stereocenters. The highest BCUT2D eigenvalue weighted by Crippen LogP contribution is 2.28. The summed E-state index contributed by atoms with van der Waals surface area (Å²) in [5.41, 5.74) is 1.85. The molecule has 0 bridgehead atoms. The van der Waals surface area contributed by atoms with Crippen LogP contribution in [-0.2, 0) is 17.9 Å². The van der Waals surface area contributed by atoms with Gasteiger partial charge in [-0.1, -0.05) is 51.1 Å². The van der Waals surface area contributed by atoms with Gasteiger partial charge in [-0.05, 0) is 19.3 Å². The lowest BCUT2D eigenvalue weighted by Crippen LogP contribution is -2.53. The van der Waals surface area contributed by atoms with Gasteiger partial charge in [-0.15, -0.1) is 0 Å². The van der Waals surface area contributed by atoms with Crippen molar-refractivity contribution in [2.75, 3.05) is 13.6 Å². The maximum atomic E-state index is 13.3. The molecule has 30 heavy (non-hydrogen) atoms. The number of likely N-dealkylation sites (N-methyl/N-ethyl adjacent to an activating group) is 1. The lowest BCUT2D eigenvalue weighted by atomic mass is 9.86. The Morgan fingerprint density at radius 2 is 1.77 bits per heavy atom. The Balaban J connectivity index is 2.02. The van der Waals surface area contributed by atoms with Crippen molar-refractivity contribution >= 4 is 11.8 Å². The molecule has 162 valence electrons. The summed E-state index contributed by atoms with van der Waals surface area (Å²) in [6.45, 7) is 12.5. The summed E-state index contributed by atoms with van der Waals surface area (Å²) < 4.78 is 2.15. The van der Waals surface area contributed by atoms with Crippen LogP contribution in [0.2, 0.25) is 0 Å². The molecule has 0 spiro atoms. The van der Waals surface area contributed by atoms with Crippen LogP contribution in [0.15, 0.2) is 30.3 Å². The third kappa shape index (κ3) is 4.41. The molecule has 2 heterocycles. The average Bonchev–Trinajstić information content (AvgIpc) is 3.10. The van der Waals surface area contributed by atoms with E-state index in [1.807, 2.05) is 51.1 Å². The molecule has 0 saturated heterocycles. The first-order chi connectivity index (χ1) is 14.1. The van der Waals surface area contributed by atoms with Crippen LogP contribution in [0.3, 0.4) is 0 Å². The topological polar surface area (TPSA) is 79.3 Å². The second-order valence-electron chi connectivity index (χ2n) is 9.20. The molecule has 1 aliphatic rings. The summed E-state index contributed by atoms with van der Waals surface area (Å²) in [4.78, 5) is 32.9. The Hall–Kier alpha value is -2.67. The van der Waals surface area contributed by atoms with E-state index < -0.39 is 11.5 Å². The van der Waals surface area contributed by atoms with E-state index in [-0.39, 0.29) is 11.8 Å². The van der Waals surface area contributed by atoms with Gasteiger partial charge in [0.15, 0.2) is 5.69 Å². The lowest BCUT2D eigenvalue weighted by Gasteiger charge is -2.32. The van der Waals surface area contributed by atoms with Crippen LogP contribution in [0.5, 0.6) is 0 Å². The minimum atomic E-state index is -0.655. The molecule has 0 fully saturated rings. The van der Waals surface area contributed by atoms with E-state index in [9.17, 15) is 9.59 Å². The standard InChI is InChI=1S/C23H33N5O2/c1-15(2)27-12-13-28-17(14-27)18(25-20(28)16-10-8-7-9-11-16)21(29)26-19(22(30)24-6)23(3,4)5/h7-11,15,19H,12-14H2,1-6H3,(H,24,30)(H,26,29). The summed E-state index contributed by atoms with van der Waals surface area (Å²) in [5, 5.41) is 5.59. The molecule has 0 radical (unpaired) electrons. The normalized spacial score (nSPS) is 15.6. The molecule has 0 aliphatic carbocycles. The number of amides is 2. The number of benzene rings is 1. The molecule has 2 aromatic rings. The zero-order valence-electron chi connectivity index (χ0n) is 18.8. The third-order valence-corrected chi connectivity index (χ3v) is 5.66. The number of nitrogens with one attached hydrogen (secondary N) is 2. The maximum absolute atomic E-state index is 13.3. The van der Waals surface area contributed by atoms with E-state index in [2.05, 4.69) is 33.9 Å². The van der Waals surface area contributed by atoms with Crippen LogP contribution < -0.4 is 10.6 Å². The average molecular weight is 412 g/mol. The fraction of sp³-hybridized carbons (Fsp3) is 0.522. The zero-order valence-corrected chi connectivity index (χ0v) is 18.8. The van der Waals surface area contributed by atoms with E-state index in [1.165, 1.54) is 0 Å². The summed E-state index contributed by atoms with van der Waals surface area (Å²) in [7, 11) is 1.58. The van der Waals surface area contributed by atoms with E-state index in [0.29, 0.717) is 18.3 Å². The Kier molecular flexibility index (Phi) is 6.31. The van der Waals surface area contributed by atoms with Crippen LogP contribution in [0.1, 0.15) is 50.8 Å². The number of fused-ring (bicyclic) bond motifs is 1. The molecule has 1 unspecified atom stereocenters. The van der Waals surface area contributed by atoms with E-state index in [0.717, 1.165) is 30.2 Å². The molecule has 3 rings (SSSR count). The minimum absolute atomic E-state index is 0.212. The number of nitrogens with zero attached hydrogens (tertiary/aromatic N) is 3. The molecule has 1 aromatic heterocycles. The smallest absolute Gasteiger partial charge is 0.272 e. The fourth-order valence-corrected chi connectivity index (χ4v) is 3.84. The molecule has 2 amide bonds. The van der Waals surface area contributed by atoms with Crippen LogP contribution in [-0.4, -0.2) is 51.9 Å². The molecule has 0 saturated carbocycles. The van der Waals surface area contributed by atoms with Gasteiger partial charge in [0.25, 0.3) is 5.91 Å². The summed E-state index contributed by atoms with van der Waals surface area (Å²) in [6.07, 6.45) is 0. The van der Waals surface area contributed by atoms with Gasteiger partial charge in [-0.2, -0.15) is 0 Å². The number of carbonyl (C=O) groups excluding carboxylic acids is 2. The highest BCUT2D eigenvalue weighted by Gasteiger charge is 2.35. The Morgan fingerprint density at radius 3 is 2.33 bits per heavy atom. The van der Waals surface area contributed by atoms with Crippen LogP contribution in [0.25, 0.3) is 11.4 Å². The van der Waals surface area contributed by atoms with Crippen molar-refractivity contribution in [3.8, 4) is 11.4 Å². The second-order valence-corrected chi connectivity index (χ2v) is 9.20. The van der Waals surface area contributed by atoms with Gasteiger partial charge in [0.2, 0.25) is 5.91 Å². The van der Waals surface area contributed by atoms with Crippen molar-refractivity contribution in [2.24, 2.45) is 5.41 Å². The van der Waals surface area contributed by atoms with Crippen molar-refractivity contribution in [1.82, 2.24) is 25.1 Å². The van der Waals surface area contributed by atoms with E-state index in [1.54, 1.807) is 7.05 Å². The minimum Gasteiger partial charge on any atom is -0.357 e. The number of imidazole rings is 1. The van der Waals surface area contributed by atoms with Gasteiger partial charge in [0.05, 0.1) is 5.69 Å². The van der Waals surface area contributed by atoms with Crippen molar-refractivity contribution in [3.05, 3.63) is 41.7 Å². The number of hydrogen-bond donors (Lipinski definition) is 2. The van der Waals surface area contributed by atoms with Gasteiger partial charge in [-0.25, -0.2) is 4.98 Å². The van der Waals surface area contributed by atoms with Gasteiger partial charge in [0, 0.05) is 38.3 Å². The number of carbonyl (C=O) groups is 2. The Labute approximate surface area is 178 Å². The van der Waals surface area contributed by atoms with Gasteiger partial charge >= 0.3 is 0 Å². The highest BCUT2D eigenvalue weighted by atomic mass is 16.2.